The maximum atomic E-state index is 12.1. The zero-order valence-corrected chi connectivity index (χ0v) is 16.2. The summed E-state index contributed by atoms with van der Waals surface area (Å²) in [5.41, 5.74) is 1.11. The maximum Gasteiger partial charge on any atom is 0.336 e. The van der Waals surface area contributed by atoms with Gasteiger partial charge >= 0.3 is 11.6 Å². The predicted molar refractivity (Wildman–Crippen MR) is 111 cm³/mol. The van der Waals surface area contributed by atoms with Gasteiger partial charge in [0.15, 0.2) is 0 Å². The standard InChI is InChI=1S/C22H17NO5S/c24-19(7-9-23-22(26)15-8-10-29-13-15)27-12-16-11-20(25)28-18-6-5-14-3-1-2-4-17(14)21(16)18/h1-6,8,10-11,13H,7,9,12H2,(H,23,26). The molecule has 0 spiro atoms. The number of amides is 1. The van der Waals surface area contributed by atoms with Crippen LogP contribution in [0.2, 0.25) is 0 Å². The molecule has 0 aliphatic heterocycles. The minimum absolute atomic E-state index is 0.0377. The third-order valence-electron chi connectivity index (χ3n) is 4.50. The van der Waals surface area contributed by atoms with Crippen molar-refractivity contribution >= 4 is 45.0 Å². The van der Waals surface area contributed by atoms with E-state index in [4.69, 9.17) is 9.15 Å². The summed E-state index contributed by atoms with van der Waals surface area (Å²) in [6, 6.07) is 14.4. The summed E-state index contributed by atoms with van der Waals surface area (Å²) in [5, 5.41) is 8.90. The van der Waals surface area contributed by atoms with Crippen molar-refractivity contribution in [3.63, 3.8) is 0 Å². The van der Waals surface area contributed by atoms with Crippen molar-refractivity contribution in [1.82, 2.24) is 5.32 Å². The minimum Gasteiger partial charge on any atom is -0.461 e. The lowest BCUT2D eigenvalue weighted by Crippen LogP contribution is -2.26. The Balaban J connectivity index is 1.45. The Morgan fingerprint density at radius 2 is 1.97 bits per heavy atom. The monoisotopic (exact) mass is 407 g/mol. The van der Waals surface area contributed by atoms with E-state index in [1.54, 1.807) is 17.5 Å². The zero-order chi connectivity index (χ0) is 20.2. The number of carbonyl (C=O) groups is 2. The Morgan fingerprint density at radius 1 is 1.10 bits per heavy atom. The number of hydrogen-bond acceptors (Lipinski definition) is 6. The van der Waals surface area contributed by atoms with Gasteiger partial charge in [0.1, 0.15) is 12.2 Å². The third kappa shape index (κ3) is 4.20. The van der Waals surface area contributed by atoms with Gasteiger partial charge in [-0.2, -0.15) is 11.3 Å². The van der Waals surface area contributed by atoms with Crippen LogP contribution in [0, 0.1) is 0 Å². The predicted octanol–water partition coefficient (Wildman–Crippen LogP) is 3.87. The van der Waals surface area contributed by atoms with E-state index in [-0.39, 0.29) is 25.5 Å². The van der Waals surface area contributed by atoms with E-state index >= 15 is 0 Å². The number of rotatable bonds is 6. The molecule has 0 radical (unpaired) electrons. The van der Waals surface area contributed by atoms with E-state index in [0.29, 0.717) is 16.7 Å². The van der Waals surface area contributed by atoms with Crippen molar-refractivity contribution in [3.05, 3.63) is 80.8 Å². The number of esters is 1. The smallest absolute Gasteiger partial charge is 0.336 e. The fourth-order valence-electron chi connectivity index (χ4n) is 3.14. The number of fused-ring (bicyclic) bond motifs is 3. The van der Waals surface area contributed by atoms with Crippen molar-refractivity contribution in [2.45, 2.75) is 13.0 Å². The average Bonchev–Trinajstić information content (AvgIpc) is 3.26. The first-order valence-corrected chi connectivity index (χ1v) is 9.96. The second-order valence-electron chi connectivity index (χ2n) is 6.43. The van der Waals surface area contributed by atoms with Crippen LogP contribution in [0.5, 0.6) is 0 Å². The molecule has 0 saturated carbocycles. The van der Waals surface area contributed by atoms with Crippen LogP contribution in [0.15, 0.2) is 68.5 Å². The van der Waals surface area contributed by atoms with E-state index < -0.39 is 11.6 Å². The van der Waals surface area contributed by atoms with E-state index in [1.807, 2.05) is 35.7 Å². The minimum atomic E-state index is -0.498. The molecule has 0 unspecified atom stereocenters. The van der Waals surface area contributed by atoms with Gasteiger partial charge in [-0.3, -0.25) is 9.59 Å². The third-order valence-corrected chi connectivity index (χ3v) is 5.18. The number of hydrogen-bond donors (Lipinski definition) is 1. The number of nitrogens with one attached hydrogen (secondary N) is 1. The number of carbonyl (C=O) groups excluding carboxylic acids is 2. The molecule has 1 N–H and O–H groups in total. The summed E-state index contributed by atoms with van der Waals surface area (Å²) in [6.07, 6.45) is 0.0377. The van der Waals surface area contributed by atoms with E-state index in [0.717, 1.165) is 16.2 Å². The summed E-state index contributed by atoms with van der Waals surface area (Å²) >= 11 is 1.43. The van der Waals surface area contributed by atoms with Gasteiger partial charge in [0.25, 0.3) is 5.91 Å². The largest absolute Gasteiger partial charge is 0.461 e. The van der Waals surface area contributed by atoms with Gasteiger partial charge in [0.05, 0.1) is 6.42 Å². The highest BCUT2D eigenvalue weighted by Crippen LogP contribution is 2.27. The molecule has 0 fully saturated rings. The highest BCUT2D eigenvalue weighted by atomic mass is 32.1. The molecule has 0 bridgehead atoms. The fraction of sp³-hybridized carbons (Fsp3) is 0.136. The summed E-state index contributed by atoms with van der Waals surface area (Å²) in [4.78, 5) is 35.9. The molecular formula is C22H17NO5S. The molecular weight excluding hydrogens is 390 g/mol. The molecule has 2 heterocycles. The molecule has 7 heteroatoms. The highest BCUT2D eigenvalue weighted by molar-refractivity contribution is 7.08. The van der Waals surface area contributed by atoms with Gasteiger partial charge in [-0.1, -0.05) is 30.3 Å². The topological polar surface area (TPSA) is 85.6 Å². The Kier molecular flexibility index (Phi) is 5.39. The van der Waals surface area contributed by atoms with Gasteiger partial charge in [0.2, 0.25) is 0 Å². The quantitative estimate of drug-likeness (QED) is 0.298. The van der Waals surface area contributed by atoms with Gasteiger partial charge in [0, 0.05) is 34.5 Å². The first kappa shape index (κ1) is 18.9. The zero-order valence-electron chi connectivity index (χ0n) is 15.3. The highest BCUT2D eigenvalue weighted by Gasteiger charge is 2.12. The van der Waals surface area contributed by atoms with Crippen molar-refractivity contribution in [2.75, 3.05) is 6.54 Å². The summed E-state index contributed by atoms with van der Waals surface area (Å²) in [5.74, 6) is -0.686. The number of benzene rings is 2. The van der Waals surface area contributed by atoms with E-state index in [2.05, 4.69) is 5.32 Å². The Labute approximate surface area is 169 Å². The van der Waals surface area contributed by atoms with Gasteiger partial charge in [-0.05, 0) is 28.3 Å². The molecule has 2 aromatic carbocycles. The molecule has 6 nitrogen and oxygen atoms in total. The molecule has 0 atom stereocenters. The van der Waals surface area contributed by atoms with Crippen LogP contribution in [0.1, 0.15) is 22.3 Å². The van der Waals surface area contributed by atoms with Crippen molar-refractivity contribution in [3.8, 4) is 0 Å². The molecule has 29 heavy (non-hydrogen) atoms. The van der Waals surface area contributed by atoms with Crippen LogP contribution in [0.3, 0.4) is 0 Å². The summed E-state index contributed by atoms with van der Waals surface area (Å²) < 4.78 is 10.6. The van der Waals surface area contributed by atoms with Crippen LogP contribution < -0.4 is 10.9 Å². The Bertz CT molecular complexity index is 1240. The molecule has 0 aliphatic rings. The SMILES string of the molecule is O=C(CCNC(=O)c1ccsc1)OCc1cc(=O)oc2ccc3ccccc3c12. The summed E-state index contributed by atoms with van der Waals surface area (Å²) in [6.45, 7) is 0.127. The molecule has 0 saturated heterocycles. The second kappa shape index (κ2) is 8.28. The molecule has 4 rings (SSSR count). The van der Waals surface area contributed by atoms with Gasteiger partial charge in [-0.25, -0.2) is 4.79 Å². The van der Waals surface area contributed by atoms with Gasteiger partial charge in [-0.15, -0.1) is 0 Å². The number of ether oxygens (including phenoxy) is 1. The molecule has 2 aromatic heterocycles. The van der Waals surface area contributed by atoms with Gasteiger partial charge < -0.3 is 14.5 Å². The number of thiophene rings is 1. The van der Waals surface area contributed by atoms with Crippen LogP contribution >= 0.6 is 11.3 Å². The molecule has 146 valence electrons. The lowest BCUT2D eigenvalue weighted by atomic mass is 10.0. The van der Waals surface area contributed by atoms with Crippen LogP contribution in [0.25, 0.3) is 21.7 Å². The van der Waals surface area contributed by atoms with Crippen LogP contribution in [-0.4, -0.2) is 18.4 Å². The lowest BCUT2D eigenvalue weighted by Gasteiger charge is -2.10. The van der Waals surface area contributed by atoms with Crippen LogP contribution in [-0.2, 0) is 16.1 Å². The second-order valence-corrected chi connectivity index (χ2v) is 7.21. The lowest BCUT2D eigenvalue weighted by molar-refractivity contribution is -0.144. The summed E-state index contributed by atoms with van der Waals surface area (Å²) in [7, 11) is 0. The Morgan fingerprint density at radius 3 is 2.79 bits per heavy atom. The average molecular weight is 407 g/mol. The van der Waals surface area contributed by atoms with Crippen LogP contribution in [0.4, 0.5) is 0 Å². The molecule has 0 aliphatic carbocycles. The van der Waals surface area contributed by atoms with E-state index in [1.165, 1.54) is 17.4 Å². The molecule has 1 amide bonds. The Hall–Kier alpha value is -3.45. The first-order valence-electron chi connectivity index (χ1n) is 9.02. The maximum absolute atomic E-state index is 12.1. The van der Waals surface area contributed by atoms with Crippen molar-refractivity contribution < 1.29 is 18.7 Å². The molecule has 4 aromatic rings. The first-order chi connectivity index (χ1) is 14.1. The van der Waals surface area contributed by atoms with E-state index in [9.17, 15) is 14.4 Å². The fourth-order valence-corrected chi connectivity index (χ4v) is 3.77. The van der Waals surface area contributed by atoms with Crippen molar-refractivity contribution in [2.24, 2.45) is 0 Å². The normalized spacial score (nSPS) is 10.9. The van der Waals surface area contributed by atoms with Crippen molar-refractivity contribution in [1.29, 1.82) is 0 Å².